The number of amides is 1. The number of nitrogens with zero attached hydrogens (tertiary/aromatic N) is 1. The van der Waals surface area contributed by atoms with Gasteiger partial charge < -0.3 is 15.5 Å². The van der Waals surface area contributed by atoms with E-state index in [0.29, 0.717) is 6.04 Å². The quantitative estimate of drug-likeness (QED) is 0.873. The summed E-state index contributed by atoms with van der Waals surface area (Å²) in [5, 5.41) is 6.59. The van der Waals surface area contributed by atoms with Crippen LogP contribution in [0.1, 0.15) is 37.7 Å². The largest absolute Gasteiger partial charge is 0.352 e. The van der Waals surface area contributed by atoms with Crippen molar-refractivity contribution in [1.82, 2.24) is 15.5 Å². The first kappa shape index (κ1) is 16.5. The number of nitrogens with one attached hydrogen (secondary N) is 2. The molecule has 4 nitrogen and oxygen atoms in total. The van der Waals surface area contributed by atoms with E-state index in [2.05, 4.69) is 45.9 Å². The molecule has 2 N–H and O–H groups in total. The molecule has 2 heterocycles. The van der Waals surface area contributed by atoms with Gasteiger partial charge in [-0.05, 0) is 44.2 Å². The molecule has 0 unspecified atom stereocenters. The number of likely N-dealkylation sites (tertiary alicyclic amines) is 1. The van der Waals surface area contributed by atoms with Crippen molar-refractivity contribution in [2.24, 2.45) is 0 Å². The molecule has 126 valence electrons. The second-order valence-electron chi connectivity index (χ2n) is 6.86. The summed E-state index contributed by atoms with van der Waals surface area (Å²) >= 11 is 0. The molecule has 0 aliphatic carbocycles. The van der Waals surface area contributed by atoms with Gasteiger partial charge in [-0.25, -0.2) is 0 Å². The Kier molecular flexibility index (Phi) is 6.06. The maximum absolute atomic E-state index is 12.3. The number of benzene rings is 1. The SMILES string of the molecule is O=C(NC1CCN(CCc2ccccc2)CC1)[C@H]1CCCCN1. The van der Waals surface area contributed by atoms with Gasteiger partial charge in [0.15, 0.2) is 0 Å². The zero-order valence-electron chi connectivity index (χ0n) is 14.0. The van der Waals surface area contributed by atoms with E-state index in [-0.39, 0.29) is 11.9 Å². The Morgan fingerprint density at radius 3 is 2.61 bits per heavy atom. The first-order chi connectivity index (χ1) is 11.3. The van der Waals surface area contributed by atoms with Gasteiger partial charge in [0, 0.05) is 25.7 Å². The van der Waals surface area contributed by atoms with E-state index in [0.717, 1.165) is 51.9 Å². The fourth-order valence-electron chi connectivity index (χ4n) is 3.61. The predicted octanol–water partition coefficient (Wildman–Crippen LogP) is 1.95. The van der Waals surface area contributed by atoms with Crippen molar-refractivity contribution in [2.75, 3.05) is 26.2 Å². The molecule has 1 amide bonds. The van der Waals surface area contributed by atoms with E-state index < -0.39 is 0 Å². The van der Waals surface area contributed by atoms with Crippen LogP contribution in [0.15, 0.2) is 30.3 Å². The third-order valence-electron chi connectivity index (χ3n) is 5.12. The van der Waals surface area contributed by atoms with Crippen molar-refractivity contribution in [3.05, 3.63) is 35.9 Å². The number of piperidine rings is 2. The van der Waals surface area contributed by atoms with Crippen molar-refractivity contribution in [3.63, 3.8) is 0 Å². The normalized spacial score (nSPS) is 23.6. The molecule has 1 atom stereocenters. The molecular weight excluding hydrogens is 286 g/mol. The van der Waals surface area contributed by atoms with Crippen LogP contribution in [-0.2, 0) is 11.2 Å². The molecule has 0 radical (unpaired) electrons. The second-order valence-corrected chi connectivity index (χ2v) is 6.86. The molecular formula is C19H29N3O. The van der Waals surface area contributed by atoms with Gasteiger partial charge in [0.2, 0.25) is 5.91 Å². The lowest BCUT2D eigenvalue weighted by atomic mass is 10.0. The van der Waals surface area contributed by atoms with Gasteiger partial charge in [-0.15, -0.1) is 0 Å². The Labute approximate surface area is 139 Å². The van der Waals surface area contributed by atoms with Crippen LogP contribution in [0.25, 0.3) is 0 Å². The third-order valence-corrected chi connectivity index (χ3v) is 5.12. The predicted molar refractivity (Wildman–Crippen MR) is 93.4 cm³/mol. The van der Waals surface area contributed by atoms with Crippen LogP contribution in [0.5, 0.6) is 0 Å². The summed E-state index contributed by atoms with van der Waals surface area (Å²) < 4.78 is 0. The monoisotopic (exact) mass is 315 g/mol. The van der Waals surface area contributed by atoms with Crippen LogP contribution < -0.4 is 10.6 Å². The van der Waals surface area contributed by atoms with Crippen molar-refractivity contribution in [1.29, 1.82) is 0 Å². The Morgan fingerprint density at radius 2 is 1.91 bits per heavy atom. The van der Waals surface area contributed by atoms with Gasteiger partial charge >= 0.3 is 0 Å². The van der Waals surface area contributed by atoms with Crippen LogP contribution >= 0.6 is 0 Å². The first-order valence-electron chi connectivity index (χ1n) is 9.11. The number of hydrogen-bond donors (Lipinski definition) is 2. The molecule has 0 spiro atoms. The van der Waals surface area contributed by atoms with E-state index in [4.69, 9.17) is 0 Å². The highest BCUT2D eigenvalue weighted by atomic mass is 16.2. The second kappa shape index (κ2) is 8.46. The fourth-order valence-corrected chi connectivity index (χ4v) is 3.61. The molecule has 1 aromatic carbocycles. The van der Waals surface area contributed by atoms with Crippen molar-refractivity contribution in [3.8, 4) is 0 Å². The average Bonchev–Trinajstić information content (AvgIpc) is 2.63. The van der Waals surface area contributed by atoms with Crippen LogP contribution in [0.4, 0.5) is 0 Å². The molecule has 2 saturated heterocycles. The summed E-state index contributed by atoms with van der Waals surface area (Å²) in [7, 11) is 0. The molecule has 0 aromatic heterocycles. The smallest absolute Gasteiger partial charge is 0.237 e. The highest BCUT2D eigenvalue weighted by Crippen LogP contribution is 2.13. The maximum Gasteiger partial charge on any atom is 0.237 e. The maximum atomic E-state index is 12.3. The summed E-state index contributed by atoms with van der Waals surface area (Å²) in [6, 6.07) is 11.1. The molecule has 1 aromatic rings. The minimum absolute atomic E-state index is 0.0415. The van der Waals surface area contributed by atoms with Crippen molar-refractivity contribution in [2.45, 2.75) is 50.6 Å². The Hall–Kier alpha value is -1.39. The molecule has 2 fully saturated rings. The van der Waals surface area contributed by atoms with Crippen LogP contribution in [-0.4, -0.2) is 49.1 Å². The van der Waals surface area contributed by atoms with E-state index >= 15 is 0 Å². The molecule has 0 saturated carbocycles. The Morgan fingerprint density at radius 1 is 1.13 bits per heavy atom. The van der Waals surface area contributed by atoms with E-state index in [1.165, 1.54) is 18.4 Å². The highest BCUT2D eigenvalue weighted by molar-refractivity contribution is 5.82. The fraction of sp³-hybridized carbons (Fsp3) is 0.632. The molecule has 0 bridgehead atoms. The standard InChI is InChI=1S/C19H29N3O/c23-19(18-8-4-5-12-20-18)21-17-10-14-22(15-11-17)13-9-16-6-2-1-3-7-16/h1-3,6-7,17-18,20H,4-5,8-15H2,(H,21,23)/t18-/m1/s1. The summed E-state index contributed by atoms with van der Waals surface area (Å²) in [6.07, 6.45) is 6.62. The molecule has 2 aliphatic heterocycles. The number of hydrogen-bond acceptors (Lipinski definition) is 3. The zero-order chi connectivity index (χ0) is 15.9. The molecule has 23 heavy (non-hydrogen) atoms. The van der Waals surface area contributed by atoms with E-state index in [1.807, 2.05) is 0 Å². The average molecular weight is 315 g/mol. The lowest BCUT2D eigenvalue weighted by Crippen LogP contribution is -2.52. The van der Waals surface area contributed by atoms with Gasteiger partial charge in [0.1, 0.15) is 0 Å². The summed E-state index contributed by atoms with van der Waals surface area (Å²) in [5.41, 5.74) is 1.41. The van der Waals surface area contributed by atoms with E-state index in [9.17, 15) is 4.79 Å². The minimum Gasteiger partial charge on any atom is -0.352 e. The topological polar surface area (TPSA) is 44.4 Å². The van der Waals surface area contributed by atoms with Gasteiger partial charge in [0.25, 0.3) is 0 Å². The van der Waals surface area contributed by atoms with E-state index in [1.54, 1.807) is 0 Å². The lowest BCUT2D eigenvalue weighted by molar-refractivity contribution is -0.124. The third kappa shape index (κ3) is 5.05. The summed E-state index contributed by atoms with van der Waals surface area (Å²) in [5.74, 6) is 0.215. The summed E-state index contributed by atoms with van der Waals surface area (Å²) in [4.78, 5) is 14.8. The Balaban J connectivity index is 1.36. The lowest BCUT2D eigenvalue weighted by Gasteiger charge is -2.33. The molecule has 4 heteroatoms. The van der Waals surface area contributed by atoms with Crippen molar-refractivity contribution >= 4 is 5.91 Å². The minimum atomic E-state index is 0.0415. The highest BCUT2D eigenvalue weighted by Gasteiger charge is 2.25. The number of carbonyl (C=O) groups is 1. The van der Waals surface area contributed by atoms with Crippen molar-refractivity contribution < 1.29 is 4.79 Å². The first-order valence-corrected chi connectivity index (χ1v) is 9.11. The van der Waals surface area contributed by atoms with Gasteiger partial charge in [-0.3, -0.25) is 4.79 Å². The van der Waals surface area contributed by atoms with Crippen LogP contribution in [0, 0.1) is 0 Å². The van der Waals surface area contributed by atoms with Gasteiger partial charge in [-0.2, -0.15) is 0 Å². The molecule has 3 rings (SSSR count). The Bertz CT molecular complexity index is 477. The molecule has 2 aliphatic rings. The summed E-state index contributed by atoms with van der Waals surface area (Å²) in [6.45, 7) is 4.29. The van der Waals surface area contributed by atoms with Gasteiger partial charge in [0.05, 0.1) is 6.04 Å². The van der Waals surface area contributed by atoms with Crippen LogP contribution in [0.3, 0.4) is 0 Å². The number of carbonyl (C=O) groups excluding carboxylic acids is 1. The zero-order valence-corrected chi connectivity index (χ0v) is 14.0. The number of rotatable bonds is 5. The van der Waals surface area contributed by atoms with Gasteiger partial charge in [-0.1, -0.05) is 36.8 Å². The van der Waals surface area contributed by atoms with Crippen LogP contribution in [0.2, 0.25) is 0 Å².